The molecule has 0 saturated heterocycles. The van der Waals surface area contributed by atoms with Crippen LogP contribution < -0.4 is 10.3 Å². The Kier molecular flexibility index (Phi) is 3.26. The predicted molar refractivity (Wildman–Crippen MR) is 76.5 cm³/mol. The number of nitrogens with zero attached hydrogens (tertiary/aromatic N) is 2. The molecule has 1 aromatic rings. The summed E-state index contributed by atoms with van der Waals surface area (Å²) in [6.07, 6.45) is 2.82. The van der Waals surface area contributed by atoms with E-state index in [4.69, 9.17) is 0 Å². The molecule has 20 heavy (non-hydrogen) atoms. The van der Waals surface area contributed by atoms with E-state index in [1.807, 2.05) is 31.2 Å². The highest BCUT2D eigenvalue weighted by atomic mass is 16.2. The number of hydrogen-bond acceptors (Lipinski definition) is 3. The van der Waals surface area contributed by atoms with Crippen molar-refractivity contribution in [1.82, 2.24) is 5.32 Å². The zero-order chi connectivity index (χ0) is 14.1. The maximum Gasteiger partial charge on any atom is 0.267 e. The van der Waals surface area contributed by atoms with Crippen LogP contribution >= 0.6 is 0 Å². The summed E-state index contributed by atoms with van der Waals surface area (Å²) in [7, 11) is 0. The fourth-order valence-corrected chi connectivity index (χ4v) is 2.20. The SMILES string of the molecule is Cc1ccccc1N1N=C(C(=O)NC2CC2)CCC1=O. The number of para-hydroxylation sites is 1. The van der Waals surface area contributed by atoms with E-state index >= 15 is 0 Å². The summed E-state index contributed by atoms with van der Waals surface area (Å²) in [6.45, 7) is 1.93. The lowest BCUT2D eigenvalue weighted by Gasteiger charge is -2.24. The minimum atomic E-state index is -0.140. The molecule has 0 unspecified atom stereocenters. The number of anilines is 1. The number of benzene rings is 1. The molecule has 2 amide bonds. The molecular weight excluding hydrogens is 254 g/mol. The lowest BCUT2D eigenvalue weighted by molar-refractivity contribution is -0.119. The van der Waals surface area contributed by atoms with Crippen molar-refractivity contribution < 1.29 is 9.59 Å². The Labute approximate surface area is 117 Å². The summed E-state index contributed by atoms with van der Waals surface area (Å²) in [5.41, 5.74) is 2.15. The molecule has 1 saturated carbocycles. The largest absolute Gasteiger partial charge is 0.348 e. The van der Waals surface area contributed by atoms with Gasteiger partial charge in [0, 0.05) is 18.9 Å². The fourth-order valence-electron chi connectivity index (χ4n) is 2.20. The Morgan fingerprint density at radius 1 is 1.30 bits per heavy atom. The number of carbonyl (C=O) groups excluding carboxylic acids is 2. The third-order valence-electron chi connectivity index (χ3n) is 3.55. The van der Waals surface area contributed by atoms with E-state index in [-0.39, 0.29) is 11.8 Å². The second kappa shape index (κ2) is 5.07. The van der Waals surface area contributed by atoms with Gasteiger partial charge in [0.1, 0.15) is 5.71 Å². The number of carbonyl (C=O) groups is 2. The van der Waals surface area contributed by atoms with Crippen LogP contribution in [-0.4, -0.2) is 23.6 Å². The van der Waals surface area contributed by atoms with Crippen molar-refractivity contribution >= 4 is 23.2 Å². The molecule has 0 atom stereocenters. The van der Waals surface area contributed by atoms with Crippen molar-refractivity contribution in [3.8, 4) is 0 Å². The number of nitrogens with one attached hydrogen (secondary N) is 1. The molecular formula is C15H17N3O2. The van der Waals surface area contributed by atoms with Gasteiger partial charge in [0.15, 0.2) is 0 Å². The molecule has 1 aromatic carbocycles. The van der Waals surface area contributed by atoms with E-state index in [1.54, 1.807) is 0 Å². The maximum absolute atomic E-state index is 12.0. The molecule has 0 bridgehead atoms. The van der Waals surface area contributed by atoms with Gasteiger partial charge in [0.05, 0.1) is 5.69 Å². The van der Waals surface area contributed by atoms with Gasteiger partial charge < -0.3 is 5.32 Å². The summed E-state index contributed by atoms with van der Waals surface area (Å²) in [5, 5.41) is 8.54. The summed E-state index contributed by atoms with van der Waals surface area (Å²) in [5.74, 6) is -0.208. The van der Waals surface area contributed by atoms with E-state index in [2.05, 4.69) is 10.4 Å². The average Bonchev–Trinajstić information content (AvgIpc) is 3.24. The first-order valence-corrected chi connectivity index (χ1v) is 6.92. The first-order valence-electron chi connectivity index (χ1n) is 6.92. The van der Waals surface area contributed by atoms with Gasteiger partial charge in [-0.05, 0) is 31.4 Å². The number of hydrogen-bond donors (Lipinski definition) is 1. The second-order valence-electron chi connectivity index (χ2n) is 5.29. The molecule has 1 heterocycles. The van der Waals surface area contributed by atoms with Crippen LogP contribution in [0.15, 0.2) is 29.4 Å². The highest BCUT2D eigenvalue weighted by Gasteiger charge is 2.29. The van der Waals surface area contributed by atoms with Crippen LogP contribution in [0, 0.1) is 6.92 Å². The third-order valence-corrected chi connectivity index (χ3v) is 3.55. The minimum Gasteiger partial charge on any atom is -0.348 e. The van der Waals surface area contributed by atoms with Crippen LogP contribution in [-0.2, 0) is 9.59 Å². The van der Waals surface area contributed by atoms with Gasteiger partial charge in [-0.3, -0.25) is 9.59 Å². The Morgan fingerprint density at radius 2 is 2.05 bits per heavy atom. The van der Waals surface area contributed by atoms with E-state index in [1.165, 1.54) is 5.01 Å². The fraction of sp³-hybridized carbons (Fsp3) is 0.400. The van der Waals surface area contributed by atoms with Gasteiger partial charge in [-0.25, -0.2) is 5.01 Å². The van der Waals surface area contributed by atoms with Crippen molar-refractivity contribution in [2.75, 3.05) is 5.01 Å². The second-order valence-corrected chi connectivity index (χ2v) is 5.29. The van der Waals surface area contributed by atoms with Crippen molar-refractivity contribution in [3.05, 3.63) is 29.8 Å². The first-order chi connectivity index (χ1) is 9.65. The standard InChI is InChI=1S/C15H17N3O2/c1-10-4-2-3-5-13(10)18-14(19)9-8-12(17-18)15(20)16-11-6-7-11/h2-5,11H,6-9H2,1H3,(H,16,20). The number of rotatable bonds is 3. The number of hydrazone groups is 1. The topological polar surface area (TPSA) is 61.8 Å². The quantitative estimate of drug-likeness (QED) is 0.910. The summed E-state index contributed by atoms with van der Waals surface area (Å²) < 4.78 is 0. The Morgan fingerprint density at radius 3 is 2.75 bits per heavy atom. The lowest BCUT2D eigenvalue weighted by Crippen LogP contribution is -2.40. The molecule has 1 aliphatic carbocycles. The first kappa shape index (κ1) is 12.8. The van der Waals surface area contributed by atoms with Gasteiger partial charge in [-0.2, -0.15) is 5.10 Å². The highest BCUT2D eigenvalue weighted by Crippen LogP contribution is 2.24. The van der Waals surface area contributed by atoms with E-state index in [0.29, 0.717) is 24.6 Å². The van der Waals surface area contributed by atoms with Crippen LogP contribution in [0.4, 0.5) is 5.69 Å². The van der Waals surface area contributed by atoms with E-state index < -0.39 is 0 Å². The van der Waals surface area contributed by atoms with Crippen molar-refractivity contribution in [3.63, 3.8) is 0 Å². The third kappa shape index (κ3) is 2.57. The summed E-state index contributed by atoms with van der Waals surface area (Å²) in [6, 6.07) is 7.85. The summed E-state index contributed by atoms with van der Waals surface area (Å²) in [4.78, 5) is 24.1. The molecule has 5 heteroatoms. The lowest BCUT2D eigenvalue weighted by atomic mass is 10.1. The van der Waals surface area contributed by atoms with Gasteiger partial charge in [-0.15, -0.1) is 0 Å². The molecule has 104 valence electrons. The zero-order valence-corrected chi connectivity index (χ0v) is 11.4. The van der Waals surface area contributed by atoms with Gasteiger partial charge in [-0.1, -0.05) is 18.2 Å². The zero-order valence-electron chi connectivity index (χ0n) is 11.4. The van der Waals surface area contributed by atoms with Crippen LogP contribution in [0.3, 0.4) is 0 Å². The highest BCUT2D eigenvalue weighted by molar-refractivity contribution is 6.40. The van der Waals surface area contributed by atoms with Crippen molar-refractivity contribution in [1.29, 1.82) is 0 Å². The molecule has 0 spiro atoms. The molecule has 2 aliphatic rings. The molecule has 5 nitrogen and oxygen atoms in total. The average molecular weight is 271 g/mol. The van der Waals surface area contributed by atoms with Crippen LogP contribution in [0.5, 0.6) is 0 Å². The molecule has 1 aliphatic heterocycles. The maximum atomic E-state index is 12.0. The molecule has 0 radical (unpaired) electrons. The normalized spacial score (nSPS) is 18.8. The van der Waals surface area contributed by atoms with E-state index in [0.717, 1.165) is 24.1 Å². The van der Waals surface area contributed by atoms with Gasteiger partial charge in [0.25, 0.3) is 5.91 Å². The monoisotopic (exact) mass is 271 g/mol. The molecule has 3 rings (SSSR count). The van der Waals surface area contributed by atoms with Crippen LogP contribution in [0.25, 0.3) is 0 Å². The number of amides is 2. The van der Waals surface area contributed by atoms with E-state index in [9.17, 15) is 9.59 Å². The van der Waals surface area contributed by atoms with Crippen LogP contribution in [0.2, 0.25) is 0 Å². The van der Waals surface area contributed by atoms with Crippen molar-refractivity contribution in [2.24, 2.45) is 5.10 Å². The van der Waals surface area contributed by atoms with Gasteiger partial charge >= 0.3 is 0 Å². The Balaban J connectivity index is 1.86. The van der Waals surface area contributed by atoms with Crippen LogP contribution in [0.1, 0.15) is 31.2 Å². The predicted octanol–water partition coefficient (Wildman–Crippen LogP) is 1.76. The molecule has 0 aromatic heterocycles. The summed E-state index contributed by atoms with van der Waals surface area (Å²) >= 11 is 0. The van der Waals surface area contributed by atoms with Gasteiger partial charge in [0.2, 0.25) is 5.91 Å². The van der Waals surface area contributed by atoms with Crippen molar-refractivity contribution in [2.45, 2.75) is 38.6 Å². The minimum absolute atomic E-state index is 0.0673. The Bertz CT molecular complexity index is 591. The number of aryl methyl sites for hydroxylation is 1. The molecule has 1 fully saturated rings. The molecule has 1 N–H and O–H groups in total. The Hall–Kier alpha value is -2.17. The smallest absolute Gasteiger partial charge is 0.267 e.